The molecule has 0 saturated heterocycles. The molecule has 0 unspecified atom stereocenters. The van der Waals surface area contributed by atoms with E-state index in [1.165, 1.54) is 152 Å². The van der Waals surface area contributed by atoms with Crippen molar-refractivity contribution in [1.29, 1.82) is 0 Å². The van der Waals surface area contributed by atoms with Crippen LogP contribution in [-0.2, 0) is 25.7 Å². The van der Waals surface area contributed by atoms with Gasteiger partial charge in [-0.25, -0.2) is 0 Å². The van der Waals surface area contributed by atoms with Gasteiger partial charge in [0.05, 0.1) is 13.1 Å². The molecular weight excluding hydrogens is 637 g/mol. The number of aromatic hydroxyl groups is 2. The van der Waals surface area contributed by atoms with Crippen LogP contribution in [0.25, 0.3) is 0 Å². The molecule has 4 nitrogen and oxygen atoms in total. The van der Waals surface area contributed by atoms with Gasteiger partial charge in [-0.1, -0.05) is 168 Å². The smallest absolute Gasteiger partial charge is 0.127 e. The Labute approximate surface area is 321 Å². The Morgan fingerprint density at radius 2 is 0.673 bits per heavy atom. The number of hydrogen-bond acceptors (Lipinski definition) is 4. The highest BCUT2D eigenvalue weighted by Crippen LogP contribution is 2.28. The second kappa shape index (κ2) is 30.8. The second-order valence-electron chi connectivity index (χ2n) is 15.5. The first-order valence-electron chi connectivity index (χ1n) is 22.2. The molecule has 2 aromatic carbocycles. The fourth-order valence-corrected chi connectivity index (χ4v) is 7.29. The molecule has 2 rings (SSSR count). The van der Waals surface area contributed by atoms with Gasteiger partial charge in [0.15, 0.2) is 0 Å². The maximum absolute atomic E-state index is 11.2. The molecule has 0 aliphatic carbocycles. The van der Waals surface area contributed by atoms with Gasteiger partial charge >= 0.3 is 0 Å². The quantitative estimate of drug-likeness (QED) is 0.0570. The van der Waals surface area contributed by atoms with Crippen molar-refractivity contribution in [2.75, 3.05) is 13.1 Å². The number of rotatable bonds is 33. The van der Waals surface area contributed by atoms with Crippen molar-refractivity contribution in [3.05, 3.63) is 57.6 Å². The molecule has 0 atom stereocenters. The third-order valence-corrected chi connectivity index (χ3v) is 10.6. The summed E-state index contributed by atoms with van der Waals surface area (Å²) in [6.45, 7) is 10.2. The van der Waals surface area contributed by atoms with Gasteiger partial charge in [-0.3, -0.25) is 9.98 Å². The Hall–Kier alpha value is -2.62. The highest BCUT2D eigenvalue weighted by atomic mass is 16.3. The van der Waals surface area contributed by atoms with Crippen molar-refractivity contribution in [1.82, 2.24) is 0 Å². The summed E-state index contributed by atoms with van der Waals surface area (Å²) in [5.41, 5.74) is 6.47. The minimum absolute atomic E-state index is 0.400. The maximum atomic E-state index is 11.2. The third kappa shape index (κ3) is 20.6. The Morgan fingerprint density at radius 3 is 1.00 bits per heavy atom. The summed E-state index contributed by atoms with van der Waals surface area (Å²) in [6, 6.07) is 8.81. The maximum Gasteiger partial charge on any atom is 0.127 e. The Morgan fingerprint density at radius 1 is 0.385 bits per heavy atom. The van der Waals surface area contributed by atoms with Crippen LogP contribution in [0.15, 0.2) is 34.3 Å². The molecule has 0 aliphatic heterocycles. The van der Waals surface area contributed by atoms with Crippen molar-refractivity contribution >= 4 is 12.4 Å². The number of aliphatic imine (C=N–C) groups is 2. The molecule has 0 radical (unpaired) electrons. The minimum Gasteiger partial charge on any atom is -0.507 e. The van der Waals surface area contributed by atoms with Crippen molar-refractivity contribution < 1.29 is 10.2 Å². The molecule has 52 heavy (non-hydrogen) atoms. The van der Waals surface area contributed by atoms with Crippen LogP contribution in [0.2, 0.25) is 0 Å². The monoisotopic (exact) mass is 717 g/mol. The molecule has 0 fully saturated rings. The van der Waals surface area contributed by atoms with Crippen LogP contribution in [-0.4, -0.2) is 35.7 Å². The number of aryl methyl sites for hydroxylation is 4. The molecule has 0 aromatic heterocycles. The van der Waals surface area contributed by atoms with Crippen LogP contribution in [0.1, 0.15) is 215 Å². The van der Waals surface area contributed by atoms with E-state index in [1.54, 1.807) is 0 Å². The summed E-state index contributed by atoms with van der Waals surface area (Å²) in [5.74, 6) is 0.801. The third-order valence-electron chi connectivity index (χ3n) is 10.6. The van der Waals surface area contributed by atoms with Crippen LogP contribution in [0.4, 0.5) is 0 Å². The molecule has 0 saturated carbocycles. The van der Waals surface area contributed by atoms with E-state index in [1.807, 2.05) is 12.4 Å². The second-order valence-corrected chi connectivity index (χ2v) is 15.5. The SMILES string of the molecule is CCCCCCCCc1cc(C=NCCN=Cc2cc(CCCCCCCC)cc(CCCCCCCC)c2O)c(O)c(CCCCCCCC)c1. The molecule has 0 bridgehead atoms. The van der Waals surface area contributed by atoms with E-state index in [0.717, 1.165) is 60.8 Å². The minimum atomic E-state index is 0.400. The van der Waals surface area contributed by atoms with E-state index < -0.39 is 0 Å². The zero-order valence-corrected chi connectivity index (χ0v) is 34.5. The largest absolute Gasteiger partial charge is 0.507 e. The molecule has 0 heterocycles. The van der Waals surface area contributed by atoms with Gasteiger partial charge in [-0.15, -0.1) is 0 Å². The summed E-state index contributed by atoms with van der Waals surface area (Å²) in [7, 11) is 0. The number of nitrogens with zero attached hydrogens (tertiary/aromatic N) is 2. The normalized spacial score (nSPS) is 11.8. The molecule has 2 N–H and O–H groups in total. The highest BCUT2D eigenvalue weighted by Gasteiger charge is 2.11. The number of benzene rings is 2. The lowest BCUT2D eigenvalue weighted by Gasteiger charge is -2.12. The lowest BCUT2D eigenvalue weighted by molar-refractivity contribution is 0.464. The summed E-state index contributed by atoms with van der Waals surface area (Å²) in [6.07, 6.45) is 38.2. The highest BCUT2D eigenvalue weighted by molar-refractivity contribution is 5.85. The average Bonchev–Trinajstić information content (AvgIpc) is 3.15. The van der Waals surface area contributed by atoms with E-state index in [4.69, 9.17) is 9.98 Å². The van der Waals surface area contributed by atoms with E-state index >= 15 is 0 Å². The van der Waals surface area contributed by atoms with Crippen LogP contribution >= 0.6 is 0 Å². The summed E-state index contributed by atoms with van der Waals surface area (Å²) < 4.78 is 0. The van der Waals surface area contributed by atoms with E-state index in [9.17, 15) is 10.2 Å². The van der Waals surface area contributed by atoms with E-state index in [-0.39, 0.29) is 0 Å². The molecular formula is C48H80N2O2. The number of hydrogen-bond donors (Lipinski definition) is 2. The van der Waals surface area contributed by atoms with Crippen molar-refractivity contribution in [2.45, 2.75) is 207 Å². The number of phenolic OH excluding ortho intramolecular Hbond substituents is 2. The average molecular weight is 717 g/mol. The Kier molecular flexibility index (Phi) is 27.0. The van der Waals surface area contributed by atoms with Gasteiger partial charge in [0.2, 0.25) is 0 Å². The van der Waals surface area contributed by atoms with Crippen LogP contribution in [0.5, 0.6) is 11.5 Å². The molecule has 0 aliphatic rings. The molecule has 0 amide bonds. The number of phenols is 2. The van der Waals surface area contributed by atoms with Crippen molar-refractivity contribution in [2.24, 2.45) is 9.98 Å². The first kappa shape index (κ1) is 45.5. The lowest BCUT2D eigenvalue weighted by Crippen LogP contribution is -1.98. The molecule has 294 valence electrons. The summed E-state index contributed by atoms with van der Waals surface area (Å²) in [4.78, 5) is 9.43. The Bertz CT molecular complexity index is 1140. The summed E-state index contributed by atoms with van der Waals surface area (Å²) in [5, 5.41) is 22.5. The molecule has 2 aromatic rings. The zero-order valence-electron chi connectivity index (χ0n) is 34.5. The van der Waals surface area contributed by atoms with Crippen LogP contribution in [0, 0.1) is 0 Å². The van der Waals surface area contributed by atoms with E-state index in [0.29, 0.717) is 24.6 Å². The van der Waals surface area contributed by atoms with Crippen LogP contribution in [0.3, 0.4) is 0 Å². The summed E-state index contributed by atoms with van der Waals surface area (Å²) >= 11 is 0. The fraction of sp³-hybridized carbons (Fsp3) is 0.708. The van der Waals surface area contributed by atoms with E-state index in [2.05, 4.69) is 52.0 Å². The van der Waals surface area contributed by atoms with Crippen molar-refractivity contribution in [3.8, 4) is 11.5 Å². The van der Waals surface area contributed by atoms with Gasteiger partial charge in [0, 0.05) is 23.6 Å². The predicted molar refractivity (Wildman–Crippen MR) is 229 cm³/mol. The zero-order chi connectivity index (χ0) is 37.5. The van der Waals surface area contributed by atoms with Gasteiger partial charge in [0.1, 0.15) is 11.5 Å². The fourth-order valence-electron chi connectivity index (χ4n) is 7.29. The molecule has 0 spiro atoms. The standard InChI is InChI=1S/C48H80N2O2/c1-5-9-13-17-21-25-29-41-35-43(31-27-23-19-15-11-7-3)47(51)45(37-41)39-49-33-34-50-40-46-38-42(30-26-22-18-14-10-6-2)36-44(48(46)52)32-28-24-20-16-12-8-4/h35-40,51-52H,5-34H2,1-4H3. The first-order chi connectivity index (χ1) is 25.5. The first-order valence-corrected chi connectivity index (χ1v) is 22.2. The number of unbranched alkanes of at least 4 members (excludes halogenated alkanes) is 20. The van der Waals surface area contributed by atoms with Gasteiger partial charge < -0.3 is 10.2 Å². The van der Waals surface area contributed by atoms with Crippen molar-refractivity contribution in [3.63, 3.8) is 0 Å². The lowest BCUT2D eigenvalue weighted by atomic mass is 9.96. The molecule has 4 heteroatoms. The van der Waals surface area contributed by atoms with Gasteiger partial charge in [-0.2, -0.15) is 0 Å². The van der Waals surface area contributed by atoms with Crippen LogP contribution < -0.4 is 0 Å². The Balaban J connectivity index is 2.06. The van der Waals surface area contributed by atoms with Gasteiger partial charge in [0.25, 0.3) is 0 Å². The van der Waals surface area contributed by atoms with Gasteiger partial charge in [-0.05, 0) is 85.8 Å². The topological polar surface area (TPSA) is 65.2 Å². The predicted octanol–water partition coefficient (Wildman–Crippen LogP) is 14.2.